The second-order valence-corrected chi connectivity index (χ2v) is 8.69. The summed E-state index contributed by atoms with van der Waals surface area (Å²) in [7, 11) is -0.509. The van der Waals surface area contributed by atoms with E-state index in [1.54, 1.807) is 12.4 Å². The van der Waals surface area contributed by atoms with Gasteiger partial charge < -0.3 is 29.7 Å². The van der Waals surface area contributed by atoms with Crippen molar-refractivity contribution in [3.63, 3.8) is 0 Å². The summed E-state index contributed by atoms with van der Waals surface area (Å²) in [4.78, 5) is 22.9. The van der Waals surface area contributed by atoms with Gasteiger partial charge in [0.25, 0.3) is 5.91 Å². The topological polar surface area (TPSA) is 117 Å². The minimum Gasteiger partial charge on any atom is -0.399 e. The van der Waals surface area contributed by atoms with E-state index < -0.39 is 36.9 Å². The fourth-order valence-electron chi connectivity index (χ4n) is 3.48. The Hall–Kier alpha value is -1.75. The normalized spacial score (nSPS) is 24.4. The van der Waals surface area contributed by atoms with Gasteiger partial charge in [-0.2, -0.15) is 0 Å². The van der Waals surface area contributed by atoms with E-state index in [-0.39, 0.29) is 6.04 Å². The summed E-state index contributed by atoms with van der Waals surface area (Å²) in [5.74, 6) is 0.0157. The van der Waals surface area contributed by atoms with Crippen LogP contribution in [0, 0.1) is 0 Å². The van der Waals surface area contributed by atoms with Crippen molar-refractivity contribution >= 4 is 24.4 Å². The van der Waals surface area contributed by atoms with Crippen LogP contribution >= 0.6 is 0 Å². The molecule has 3 heterocycles. The van der Waals surface area contributed by atoms with E-state index in [1.807, 2.05) is 27.7 Å². The van der Waals surface area contributed by atoms with Crippen molar-refractivity contribution in [3.8, 4) is 0 Å². The first-order valence-corrected chi connectivity index (χ1v) is 10.2. The van der Waals surface area contributed by atoms with Crippen molar-refractivity contribution in [1.82, 2.24) is 15.3 Å². The van der Waals surface area contributed by atoms with Gasteiger partial charge in [-0.3, -0.25) is 4.79 Å². The number of nitrogens with zero attached hydrogens (tertiary/aromatic N) is 3. The van der Waals surface area contributed by atoms with E-state index in [0.717, 1.165) is 31.3 Å². The van der Waals surface area contributed by atoms with Crippen LogP contribution in [0.15, 0.2) is 12.4 Å². The Morgan fingerprint density at radius 2 is 1.90 bits per heavy atom. The zero-order valence-electron chi connectivity index (χ0n) is 17.6. The minimum absolute atomic E-state index is 0.0290. The van der Waals surface area contributed by atoms with Gasteiger partial charge in [-0.15, -0.1) is 0 Å². The van der Waals surface area contributed by atoms with E-state index in [9.17, 15) is 9.90 Å². The lowest BCUT2D eigenvalue weighted by atomic mass is 9.81. The van der Waals surface area contributed by atoms with E-state index in [1.165, 1.54) is 0 Å². The molecule has 2 atom stereocenters. The van der Waals surface area contributed by atoms with Crippen LogP contribution in [0.4, 0.5) is 5.95 Å². The highest BCUT2D eigenvalue weighted by molar-refractivity contribution is 6.61. The molecule has 1 amide bonds. The minimum atomic E-state index is -1.40. The first-order chi connectivity index (χ1) is 13.6. The average molecular weight is 406 g/mol. The van der Waals surface area contributed by atoms with Crippen LogP contribution < -0.4 is 15.7 Å². The quantitative estimate of drug-likeness (QED) is 0.547. The van der Waals surface area contributed by atoms with Crippen LogP contribution in [0.2, 0.25) is 0 Å². The first-order valence-electron chi connectivity index (χ1n) is 10.2. The molecule has 1 aromatic rings. The molecule has 9 nitrogen and oxygen atoms in total. The number of carbonyl (C=O) groups excluding carboxylic acids is 1. The van der Waals surface area contributed by atoms with Crippen molar-refractivity contribution in [2.75, 3.05) is 24.6 Å². The molecule has 1 aromatic heterocycles. The maximum absolute atomic E-state index is 11.8. The highest BCUT2D eigenvalue weighted by Gasteiger charge is 2.52. The molecule has 160 valence electrons. The number of aromatic nitrogens is 2. The third kappa shape index (κ3) is 4.71. The highest BCUT2D eigenvalue weighted by Crippen LogP contribution is 2.36. The van der Waals surface area contributed by atoms with Gasteiger partial charge in [0.05, 0.1) is 17.8 Å². The maximum atomic E-state index is 11.8. The molecule has 29 heavy (non-hydrogen) atoms. The lowest BCUT2D eigenvalue weighted by Gasteiger charge is -2.36. The fraction of sp³-hybridized carbons (Fsp3) is 0.737. The van der Waals surface area contributed by atoms with Gasteiger partial charge >= 0.3 is 7.12 Å². The van der Waals surface area contributed by atoms with Crippen molar-refractivity contribution in [3.05, 3.63) is 12.4 Å². The molecule has 2 aliphatic heterocycles. The van der Waals surface area contributed by atoms with Gasteiger partial charge in [-0.25, -0.2) is 9.97 Å². The molecule has 0 aliphatic carbocycles. The Bertz CT molecular complexity index is 699. The second-order valence-electron chi connectivity index (χ2n) is 8.69. The molecule has 0 spiro atoms. The molecule has 0 aromatic carbocycles. The number of aliphatic hydroxyl groups excluding tert-OH is 2. The Morgan fingerprint density at radius 3 is 2.48 bits per heavy atom. The molecule has 3 rings (SSSR count). The number of anilines is 1. The Morgan fingerprint density at radius 1 is 1.28 bits per heavy atom. The summed E-state index contributed by atoms with van der Waals surface area (Å²) >= 11 is 0. The average Bonchev–Trinajstić information content (AvgIpc) is 2.93. The SMILES string of the molecule is CC1(C)OB(c2cnc(N3CCCC[C@H]3CNC(=O)[C@@H](O)CO)nc2)OC1(C)C. The Balaban J connectivity index is 1.67. The maximum Gasteiger partial charge on any atom is 0.498 e. The molecule has 0 radical (unpaired) electrons. The zero-order chi connectivity index (χ0) is 21.2. The molecule has 3 N–H and O–H groups in total. The molecular weight excluding hydrogens is 375 g/mol. The number of aliphatic hydroxyl groups is 2. The van der Waals surface area contributed by atoms with Crippen molar-refractivity contribution in [2.45, 2.75) is 70.3 Å². The summed E-state index contributed by atoms with van der Waals surface area (Å²) in [6.07, 6.45) is 5.01. The smallest absolute Gasteiger partial charge is 0.399 e. The van der Waals surface area contributed by atoms with Crippen LogP contribution in [0.1, 0.15) is 47.0 Å². The van der Waals surface area contributed by atoms with Crippen LogP contribution in [0.3, 0.4) is 0 Å². The van der Waals surface area contributed by atoms with Crippen LogP contribution in [0.25, 0.3) is 0 Å². The van der Waals surface area contributed by atoms with Gasteiger partial charge in [0, 0.05) is 37.0 Å². The third-order valence-electron chi connectivity index (χ3n) is 6.06. The number of hydrogen-bond donors (Lipinski definition) is 3. The van der Waals surface area contributed by atoms with E-state index in [2.05, 4.69) is 20.2 Å². The fourth-order valence-corrected chi connectivity index (χ4v) is 3.48. The molecule has 2 fully saturated rings. The van der Waals surface area contributed by atoms with Crippen molar-refractivity contribution < 1.29 is 24.3 Å². The molecule has 0 saturated carbocycles. The van der Waals surface area contributed by atoms with E-state index in [4.69, 9.17) is 14.4 Å². The number of hydrogen-bond acceptors (Lipinski definition) is 8. The summed E-state index contributed by atoms with van der Waals surface area (Å²) < 4.78 is 12.1. The first kappa shape index (κ1) is 22.0. The molecule has 10 heteroatoms. The Labute approximate surface area is 172 Å². The van der Waals surface area contributed by atoms with Gasteiger partial charge in [-0.1, -0.05) is 0 Å². The number of nitrogens with one attached hydrogen (secondary N) is 1. The predicted molar refractivity (Wildman–Crippen MR) is 109 cm³/mol. The second kappa shape index (κ2) is 8.55. The molecular formula is C19H31BN4O5. The summed E-state index contributed by atoms with van der Waals surface area (Å²) in [6, 6.07) is 0.0290. The van der Waals surface area contributed by atoms with Crippen LogP contribution in [0.5, 0.6) is 0 Å². The molecule has 2 aliphatic rings. The number of carbonyl (C=O) groups is 1. The number of rotatable bonds is 6. The van der Waals surface area contributed by atoms with E-state index in [0.29, 0.717) is 12.5 Å². The van der Waals surface area contributed by atoms with Crippen molar-refractivity contribution in [1.29, 1.82) is 0 Å². The molecule has 0 bridgehead atoms. The molecule has 0 unspecified atom stereocenters. The lowest BCUT2D eigenvalue weighted by Crippen LogP contribution is -2.49. The zero-order valence-corrected chi connectivity index (χ0v) is 17.6. The summed E-state index contributed by atoms with van der Waals surface area (Å²) in [5, 5.41) is 21.0. The van der Waals surface area contributed by atoms with E-state index >= 15 is 0 Å². The summed E-state index contributed by atoms with van der Waals surface area (Å²) in [6.45, 7) is 8.57. The lowest BCUT2D eigenvalue weighted by molar-refractivity contribution is -0.131. The van der Waals surface area contributed by atoms with Crippen LogP contribution in [-0.2, 0) is 14.1 Å². The van der Waals surface area contributed by atoms with Crippen LogP contribution in [-0.4, -0.2) is 76.3 Å². The monoisotopic (exact) mass is 406 g/mol. The number of piperidine rings is 1. The standard InChI is InChI=1S/C19H31BN4O5/c1-18(2)19(3,4)29-20(28-18)13-9-22-17(23-10-13)24-8-6-5-7-14(24)11-21-16(27)15(26)12-25/h9-10,14-15,25-26H,5-8,11-12H2,1-4H3,(H,21,27)/t14-,15-/m0/s1. The molecule has 2 saturated heterocycles. The van der Waals surface area contributed by atoms with Crippen molar-refractivity contribution in [2.24, 2.45) is 0 Å². The van der Waals surface area contributed by atoms with Gasteiger partial charge in [-0.05, 0) is 47.0 Å². The predicted octanol–water partition coefficient (Wildman–Crippen LogP) is -0.396. The summed E-state index contributed by atoms with van der Waals surface area (Å²) in [5.41, 5.74) is -0.0857. The highest BCUT2D eigenvalue weighted by atomic mass is 16.7. The van der Waals surface area contributed by atoms with Gasteiger partial charge in [0.15, 0.2) is 6.10 Å². The third-order valence-corrected chi connectivity index (χ3v) is 6.06. The largest absolute Gasteiger partial charge is 0.498 e. The number of amides is 1. The Kier molecular flexibility index (Phi) is 6.47. The van der Waals surface area contributed by atoms with Gasteiger partial charge in [0.2, 0.25) is 5.95 Å². The van der Waals surface area contributed by atoms with Gasteiger partial charge in [0.1, 0.15) is 0 Å².